The molecule has 1 aromatic rings. The van der Waals surface area contributed by atoms with E-state index >= 15 is 0 Å². The van der Waals surface area contributed by atoms with Gasteiger partial charge < -0.3 is 31.5 Å². The van der Waals surface area contributed by atoms with Crippen molar-refractivity contribution in [1.82, 2.24) is 0 Å². The number of nitrogens with one attached hydrogen (secondary N) is 1. The van der Waals surface area contributed by atoms with E-state index in [2.05, 4.69) is 5.32 Å². The average Bonchev–Trinajstić information content (AvgIpc) is 2.33. The third-order valence-electron chi connectivity index (χ3n) is 2.88. The van der Waals surface area contributed by atoms with Crippen LogP contribution in [0.25, 0.3) is 0 Å². The molecule has 0 atom stereocenters. The summed E-state index contributed by atoms with van der Waals surface area (Å²) in [5.41, 5.74) is 8.58. The first kappa shape index (κ1) is 13.7. The molecule has 6 heteroatoms. The summed E-state index contributed by atoms with van der Waals surface area (Å²) in [6, 6.07) is 0. The van der Waals surface area contributed by atoms with Gasteiger partial charge in [0.25, 0.3) is 0 Å². The zero-order valence-electron chi connectivity index (χ0n) is 9.69. The van der Waals surface area contributed by atoms with Gasteiger partial charge in [-0.3, -0.25) is 0 Å². The van der Waals surface area contributed by atoms with Gasteiger partial charge in [0.05, 0.1) is 31.2 Å². The number of aliphatic hydroxyl groups is 4. The molecule has 1 rings (SSSR count). The van der Waals surface area contributed by atoms with Crippen LogP contribution in [0.1, 0.15) is 22.3 Å². The minimum Gasteiger partial charge on any atom is -0.397 e. The summed E-state index contributed by atoms with van der Waals surface area (Å²) in [5, 5.41) is 39.4. The zero-order chi connectivity index (χ0) is 13.0. The van der Waals surface area contributed by atoms with Crippen LogP contribution in [0.3, 0.4) is 0 Å². The fraction of sp³-hybridized carbons (Fsp3) is 0.455. The summed E-state index contributed by atoms with van der Waals surface area (Å²) in [6.45, 7) is 0.500. The van der Waals surface area contributed by atoms with Gasteiger partial charge in [0.15, 0.2) is 0 Å². The maximum Gasteiger partial charge on any atom is 0.113 e. The molecule has 6 nitrogen and oxygen atoms in total. The van der Waals surface area contributed by atoms with Gasteiger partial charge in [-0.05, 0) is 23.6 Å². The maximum absolute atomic E-state index is 9.31. The Kier molecular flexibility index (Phi) is 4.71. The van der Waals surface area contributed by atoms with Crippen molar-refractivity contribution in [3.05, 3.63) is 22.3 Å². The molecule has 96 valence electrons. The molecule has 0 aliphatic carbocycles. The fourth-order valence-corrected chi connectivity index (χ4v) is 1.97. The Morgan fingerprint density at radius 3 is 1.88 bits per heavy atom. The standard InChI is InChI=1S/C11H18N2O4/c1-6-7(2-14)8(3-15)9(4-16)10(12)11(6)13-5-17/h13-17H,2-5,12H2,1H3. The van der Waals surface area contributed by atoms with E-state index < -0.39 is 0 Å². The van der Waals surface area contributed by atoms with E-state index in [0.717, 1.165) is 0 Å². The zero-order valence-corrected chi connectivity index (χ0v) is 9.69. The molecule has 0 fully saturated rings. The normalized spacial score (nSPS) is 10.6. The van der Waals surface area contributed by atoms with E-state index in [1.54, 1.807) is 6.92 Å². The molecule has 0 saturated carbocycles. The number of benzene rings is 1. The van der Waals surface area contributed by atoms with E-state index in [9.17, 15) is 15.3 Å². The lowest BCUT2D eigenvalue weighted by atomic mass is 9.94. The van der Waals surface area contributed by atoms with Crippen molar-refractivity contribution in [3.8, 4) is 0 Å². The van der Waals surface area contributed by atoms with E-state index in [0.29, 0.717) is 27.9 Å². The Bertz CT molecular complexity index is 376. The molecule has 0 aliphatic rings. The number of rotatable bonds is 5. The number of hydrogen-bond acceptors (Lipinski definition) is 6. The van der Waals surface area contributed by atoms with Crippen LogP contribution in [0.5, 0.6) is 0 Å². The van der Waals surface area contributed by atoms with Crippen molar-refractivity contribution >= 4 is 11.4 Å². The van der Waals surface area contributed by atoms with E-state index in [1.807, 2.05) is 0 Å². The van der Waals surface area contributed by atoms with Crippen LogP contribution < -0.4 is 11.1 Å². The minimum absolute atomic E-state index is 0.269. The molecular formula is C11H18N2O4. The van der Waals surface area contributed by atoms with Crippen molar-refractivity contribution in [3.63, 3.8) is 0 Å². The van der Waals surface area contributed by atoms with Gasteiger partial charge >= 0.3 is 0 Å². The molecule has 17 heavy (non-hydrogen) atoms. The Labute approximate surface area is 99.3 Å². The van der Waals surface area contributed by atoms with Gasteiger partial charge in [-0.2, -0.15) is 0 Å². The van der Waals surface area contributed by atoms with E-state index in [1.165, 1.54) is 0 Å². The predicted molar refractivity (Wildman–Crippen MR) is 64.1 cm³/mol. The minimum atomic E-state index is -0.338. The van der Waals surface area contributed by atoms with Crippen LogP contribution in [0, 0.1) is 6.92 Å². The summed E-state index contributed by atoms with van der Waals surface area (Å²) in [5.74, 6) is 0. The van der Waals surface area contributed by atoms with Crippen LogP contribution in [0.15, 0.2) is 0 Å². The third kappa shape index (κ3) is 2.34. The fourth-order valence-electron chi connectivity index (χ4n) is 1.97. The molecule has 7 N–H and O–H groups in total. The second-order valence-electron chi connectivity index (χ2n) is 3.66. The molecule has 0 unspecified atom stereocenters. The van der Waals surface area contributed by atoms with Gasteiger partial charge in [-0.25, -0.2) is 0 Å². The third-order valence-corrected chi connectivity index (χ3v) is 2.88. The van der Waals surface area contributed by atoms with Crippen LogP contribution in [0.2, 0.25) is 0 Å². The van der Waals surface area contributed by atoms with Crippen LogP contribution in [0.4, 0.5) is 11.4 Å². The van der Waals surface area contributed by atoms with Gasteiger partial charge in [0.1, 0.15) is 6.73 Å². The number of anilines is 2. The summed E-state index contributed by atoms with van der Waals surface area (Å²) in [4.78, 5) is 0. The van der Waals surface area contributed by atoms with Crippen LogP contribution >= 0.6 is 0 Å². The second kappa shape index (κ2) is 5.83. The molecular weight excluding hydrogens is 224 g/mol. The lowest BCUT2D eigenvalue weighted by molar-refractivity contribution is 0.247. The number of hydrogen-bond donors (Lipinski definition) is 6. The highest BCUT2D eigenvalue weighted by Crippen LogP contribution is 2.34. The van der Waals surface area contributed by atoms with Crippen molar-refractivity contribution in [2.24, 2.45) is 0 Å². The molecule has 0 aromatic heterocycles. The number of nitrogen functional groups attached to an aromatic ring is 1. The highest BCUT2D eigenvalue weighted by Gasteiger charge is 2.18. The first-order valence-electron chi connectivity index (χ1n) is 5.22. The van der Waals surface area contributed by atoms with Crippen molar-refractivity contribution in [2.75, 3.05) is 17.8 Å². The van der Waals surface area contributed by atoms with E-state index in [-0.39, 0.29) is 32.2 Å². The SMILES string of the molecule is Cc1c(CO)c(CO)c(CO)c(N)c1NCO. The van der Waals surface area contributed by atoms with Crippen molar-refractivity contribution in [2.45, 2.75) is 26.7 Å². The van der Waals surface area contributed by atoms with Crippen molar-refractivity contribution < 1.29 is 20.4 Å². The summed E-state index contributed by atoms with van der Waals surface area (Å²) in [6.07, 6.45) is 0. The maximum atomic E-state index is 9.31. The second-order valence-corrected chi connectivity index (χ2v) is 3.66. The van der Waals surface area contributed by atoms with Gasteiger partial charge in [-0.1, -0.05) is 0 Å². The van der Waals surface area contributed by atoms with Crippen molar-refractivity contribution in [1.29, 1.82) is 0 Å². The Hall–Kier alpha value is -1.34. The lowest BCUT2D eigenvalue weighted by Crippen LogP contribution is -2.13. The molecule has 0 radical (unpaired) electrons. The largest absolute Gasteiger partial charge is 0.397 e. The number of nitrogens with two attached hydrogens (primary N) is 1. The molecule has 0 heterocycles. The lowest BCUT2D eigenvalue weighted by Gasteiger charge is -2.21. The van der Waals surface area contributed by atoms with Gasteiger partial charge in [0, 0.05) is 5.56 Å². The molecule has 0 aliphatic heterocycles. The molecule has 1 aromatic carbocycles. The summed E-state index contributed by atoms with van der Waals surface area (Å²) < 4.78 is 0. The van der Waals surface area contributed by atoms with Crippen LogP contribution in [-0.4, -0.2) is 27.2 Å². The Morgan fingerprint density at radius 2 is 1.47 bits per heavy atom. The topological polar surface area (TPSA) is 119 Å². The summed E-state index contributed by atoms with van der Waals surface area (Å²) >= 11 is 0. The molecule has 0 saturated heterocycles. The van der Waals surface area contributed by atoms with Crippen LogP contribution in [-0.2, 0) is 19.8 Å². The molecule has 0 spiro atoms. The first-order valence-corrected chi connectivity index (χ1v) is 5.22. The smallest absolute Gasteiger partial charge is 0.113 e. The monoisotopic (exact) mass is 242 g/mol. The quantitative estimate of drug-likeness (QED) is 0.303. The average molecular weight is 242 g/mol. The van der Waals surface area contributed by atoms with Gasteiger partial charge in [0.2, 0.25) is 0 Å². The predicted octanol–water partition coefficient (Wildman–Crippen LogP) is -0.584. The Morgan fingerprint density at radius 1 is 0.941 bits per heavy atom. The highest BCUT2D eigenvalue weighted by molar-refractivity contribution is 5.77. The highest BCUT2D eigenvalue weighted by atomic mass is 16.3. The number of aliphatic hydroxyl groups excluding tert-OH is 4. The van der Waals surface area contributed by atoms with E-state index in [4.69, 9.17) is 10.8 Å². The Balaban J connectivity index is 3.54. The van der Waals surface area contributed by atoms with Gasteiger partial charge in [-0.15, -0.1) is 0 Å². The molecule has 0 bridgehead atoms. The molecule has 0 amide bonds. The summed E-state index contributed by atoms with van der Waals surface area (Å²) in [7, 11) is 0. The first-order chi connectivity index (χ1) is 8.12.